The van der Waals surface area contributed by atoms with E-state index in [0.29, 0.717) is 5.95 Å². The predicted octanol–water partition coefficient (Wildman–Crippen LogP) is 3.61. The Balaban J connectivity index is 2.09. The zero-order valence-electron chi connectivity index (χ0n) is 11.3. The number of fused-ring (bicyclic) bond motifs is 1. The number of thiophene rings is 1. The monoisotopic (exact) mass is 323 g/mol. The van der Waals surface area contributed by atoms with Crippen molar-refractivity contribution in [3.8, 4) is 0 Å². The van der Waals surface area contributed by atoms with Crippen molar-refractivity contribution < 1.29 is 0 Å². The average molecular weight is 323 g/mol. The lowest BCUT2D eigenvalue weighted by Crippen LogP contribution is -1.96. The summed E-state index contributed by atoms with van der Waals surface area (Å²) in [7, 11) is 1.83. The molecule has 0 aliphatic carbocycles. The summed E-state index contributed by atoms with van der Waals surface area (Å²) in [5.41, 5.74) is 0. The van der Waals surface area contributed by atoms with Gasteiger partial charge in [0.05, 0.1) is 0 Å². The van der Waals surface area contributed by atoms with E-state index in [-0.39, 0.29) is 0 Å². The van der Waals surface area contributed by atoms with E-state index in [1.807, 2.05) is 14.0 Å². The Kier molecular flexibility index (Phi) is 3.86. The molecule has 1 N–H and O–H groups in total. The Bertz CT molecular complexity index is 749. The number of hydrogen-bond donors (Lipinski definition) is 1. The third-order valence-electron chi connectivity index (χ3n) is 2.67. The van der Waals surface area contributed by atoms with Crippen molar-refractivity contribution in [2.45, 2.75) is 29.6 Å². The highest BCUT2D eigenvalue weighted by molar-refractivity contribution is 8.01. The first-order valence-corrected chi connectivity index (χ1v) is 8.56. The summed E-state index contributed by atoms with van der Waals surface area (Å²) in [6.07, 6.45) is 1.01. The van der Waals surface area contributed by atoms with E-state index in [4.69, 9.17) is 0 Å². The van der Waals surface area contributed by atoms with Crippen molar-refractivity contribution in [2.24, 2.45) is 0 Å². The SMILES string of the molecule is CCc1cc2c(Sc3nc(C)ns3)nc(NC)nc2s1. The summed E-state index contributed by atoms with van der Waals surface area (Å²) in [5, 5.41) is 5.05. The molecule has 3 aromatic heterocycles. The number of aromatic nitrogens is 4. The van der Waals surface area contributed by atoms with Gasteiger partial charge in [-0.1, -0.05) is 6.92 Å². The third-order valence-corrected chi connectivity index (χ3v) is 5.69. The molecule has 3 heterocycles. The summed E-state index contributed by atoms with van der Waals surface area (Å²) in [6.45, 7) is 4.05. The van der Waals surface area contributed by atoms with Crippen molar-refractivity contribution in [1.82, 2.24) is 19.3 Å². The van der Waals surface area contributed by atoms with Gasteiger partial charge in [0.15, 0.2) is 4.34 Å². The molecule has 0 bridgehead atoms. The van der Waals surface area contributed by atoms with Gasteiger partial charge in [0.2, 0.25) is 5.95 Å². The second kappa shape index (κ2) is 5.63. The van der Waals surface area contributed by atoms with Crippen LogP contribution in [-0.2, 0) is 6.42 Å². The molecule has 20 heavy (non-hydrogen) atoms. The Morgan fingerprint density at radius 2 is 2.15 bits per heavy atom. The summed E-state index contributed by atoms with van der Waals surface area (Å²) in [4.78, 5) is 15.8. The highest BCUT2D eigenvalue weighted by Gasteiger charge is 2.14. The van der Waals surface area contributed by atoms with Crippen LogP contribution in [0.25, 0.3) is 10.2 Å². The van der Waals surface area contributed by atoms with Crippen molar-refractivity contribution in [3.63, 3.8) is 0 Å². The smallest absolute Gasteiger partial charge is 0.224 e. The molecule has 0 atom stereocenters. The van der Waals surface area contributed by atoms with Gasteiger partial charge in [-0.15, -0.1) is 11.3 Å². The normalized spacial score (nSPS) is 11.2. The first kappa shape index (κ1) is 13.7. The minimum atomic E-state index is 0.644. The molecular formula is C12H13N5S3. The number of hydrogen-bond acceptors (Lipinski definition) is 8. The summed E-state index contributed by atoms with van der Waals surface area (Å²) < 4.78 is 5.12. The number of anilines is 1. The van der Waals surface area contributed by atoms with Gasteiger partial charge >= 0.3 is 0 Å². The minimum Gasteiger partial charge on any atom is -0.357 e. The first-order valence-electron chi connectivity index (χ1n) is 6.16. The van der Waals surface area contributed by atoms with Crippen LogP contribution in [0.4, 0.5) is 5.95 Å². The van der Waals surface area contributed by atoms with E-state index in [9.17, 15) is 0 Å². The zero-order chi connectivity index (χ0) is 14.1. The van der Waals surface area contributed by atoms with Crippen molar-refractivity contribution in [1.29, 1.82) is 0 Å². The zero-order valence-corrected chi connectivity index (χ0v) is 13.7. The topological polar surface area (TPSA) is 63.6 Å². The van der Waals surface area contributed by atoms with E-state index in [0.717, 1.165) is 31.8 Å². The van der Waals surface area contributed by atoms with Gasteiger partial charge in [-0.3, -0.25) is 0 Å². The molecule has 0 unspecified atom stereocenters. The van der Waals surface area contributed by atoms with Gasteiger partial charge in [-0.05, 0) is 42.7 Å². The lowest BCUT2D eigenvalue weighted by molar-refractivity contribution is 1.08. The van der Waals surface area contributed by atoms with Crippen LogP contribution in [0.15, 0.2) is 15.4 Å². The van der Waals surface area contributed by atoms with Crippen LogP contribution in [0.3, 0.4) is 0 Å². The van der Waals surface area contributed by atoms with Crippen LogP contribution in [0.5, 0.6) is 0 Å². The molecular weight excluding hydrogens is 310 g/mol. The number of rotatable bonds is 4. The van der Waals surface area contributed by atoms with Gasteiger partial charge in [-0.2, -0.15) is 4.37 Å². The molecule has 0 aliphatic rings. The predicted molar refractivity (Wildman–Crippen MR) is 85.1 cm³/mol. The van der Waals surface area contributed by atoms with Gasteiger partial charge in [0.1, 0.15) is 15.7 Å². The van der Waals surface area contributed by atoms with Crippen LogP contribution >= 0.6 is 34.6 Å². The van der Waals surface area contributed by atoms with Crippen molar-refractivity contribution >= 4 is 50.8 Å². The standard InChI is InChI=1S/C12H13N5S3/c1-4-7-5-8-9(18-7)15-11(13-3)16-10(8)19-12-14-6(2)17-20-12/h5H,4H2,1-3H3,(H,13,15,16). The third kappa shape index (κ3) is 2.63. The Labute approximate surface area is 129 Å². The molecule has 0 saturated carbocycles. The molecule has 0 amide bonds. The largest absolute Gasteiger partial charge is 0.357 e. The summed E-state index contributed by atoms with van der Waals surface area (Å²) in [5.74, 6) is 1.45. The van der Waals surface area contributed by atoms with Crippen LogP contribution in [0.2, 0.25) is 0 Å². The van der Waals surface area contributed by atoms with E-state index >= 15 is 0 Å². The molecule has 0 radical (unpaired) electrons. The maximum Gasteiger partial charge on any atom is 0.224 e. The Morgan fingerprint density at radius 1 is 1.30 bits per heavy atom. The van der Waals surface area contributed by atoms with E-state index in [1.54, 1.807) is 23.1 Å². The number of aryl methyl sites for hydroxylation is 2. The van der Waals surface area contributed by atoms with Gasteiger partial charge in [-0.25, -0.2) is 15.0 Å². The molecule has 0 aromatic carbocycles. The number of nitrogens with zero attached hydrogens (tertiary/aromatic N) is 4. The molecule has 104 valence electrons. The second-order valence-corrected chi connectivity index (χ2v) is 7.20. The lowest BCUT2D eigenvalue weighted by Gasteiger charge is -2.02. The van der Waals surface area contributed by atoms with Crippen LogP contribution in [0, 0.1) is 6.92 Å². The highest BCUT2D eigenvalue weighted by atomic mass is 32.2. The quantitative estimate of drug-likeness (QED) is 0.740. The van der Waals surface area contributed by atoms with E-state index in [1.165, 1.54) is 16.4 Å². The maximum atomic E-state index is 4.56. The average Bonchev–Trinajstić information content (AvgIpc) is 3.04. The lowest BCUT2D eigenvalue weighted by atomic mass is 10.3. The van der Waals surface area contributed by atoms with Gasteiger partial charge < -0.3 is 5.32 Å². The summed E-state index contributed by atoms with van der Waals surface area (Å²) >= 11 is 4.67. The van der Waals surface area contributed by atoms with Crippen molar-refractivity contribution in [2.75, 3.05) is 12.4 Å². The van der Waals surface area contributed by atoms with Crippen LogP contribution in [0.1, 0.15) is 17.6 Å². The fraction of sp³-hybridized carbons (Fsp3) is 0.333. The van der Waals surface area contributed by atoms with Crippen LogP contribution < -0.4 is 5.32 Å². The van der Waals surface area contributed by atoms with E-state index < -0.39 is 0 Å². The minimum absolute atomic E-state index is 0.644. The molecule has 5 nitrogen and oxygen atoms in total. The molecule has 0 spiro atoms. The van der Waals surface area contributed by atoms with Gasteiger partial charge in [0, 0.05) is 17.3 Å². The first-order chi connectivity index (χ1) is 9.69. The van der Waals surface area contributed by atoms with E-state index in [2.05, 4.69) is 37.6 Å². The second-order valence-electron chi connectivity index (χ2n) is 4.10. The fourth-order valence-corrected chi connectivity index (χ4v) is 4.41. The van der Waals surface area contributed by atoms with Crippen molar-refractivity contribution in [3.05, 3.63) is 16.8 Å². The molecule has 0 fully saturated rings. The fourth-order valence-electron chi connectivity index (χ4n) is 1.71. The molecule has 3 aromatic rings. The van der Waals surface area contributed by atoms with Crippen LogP contribution in [-0.4, -0.2) is 26.4 Å². The molecule has 3 rings (SSSR count). The summed E-state index contributed by atoms with van der Waals surface area (Å²) in [6, 6.07) is 2.18. The maximum absolute atomic E-state index is 4.56. The van der Waals surface area contributed by atoms with Gasteiger partial charge in [0.25, 0.3) is 0 Å². The molecule has 0 saturated heterocycles. The Hall–Kier alpha value is -1.25. The Morgan fingerprint density at radius 3 is 2.80 bits per heavy atom. The highest BCUT2D eigenvalue weighted by Crippen LogP contribution is 2.36. The molecule has 0 aliphatic heterocycles. The molecule has 8 heteroatoms. The number of nitrogens with one attached hydrogen (secondary N) is 1.